The Kier molecular flexibility index (Phi) is 4.20. The maximum absolute atomic E-state index is 7.96. The summed E-state index contributed by atoms with van der Waals surface area (Å²) in [6.07, 6.45) is -0.211. The molecule has 0 bridgehead atoms. The number of methoxy groups -OCH3 is 1. The van der Waals surface area contributed by atoms with E-state index in [1.165, 1.54) is 0 Å². The molecule has 68 valence electrons. The molecule has 0 aromatic heterocycles. The van der Waals surface area contributed by atoms with Crippen molar-refractivity contribution in [1.82, 2.24) is 0 Å². The summed E-state index contributed by atoms with van der Waals surface area (Å²) in [5.41, 5.74) is 7.96. The highest BCUT2D eigenvalue weighted by Gasteiger charge is 2.29. The summed E-state index contributed by atoms with van der Waals surface area (Å²) >= 11 is 0.718. The lowest BCUT2D eigenvalue weighted by molar-refractivity contribution is 0.0407. The van der Waals surface area contributed by atoms with Crippen molar-refractivity contribution in [3.8, 4) is 0 Å². The summed E-state index contributed by atoms with van der Waals surface area (Å²) in [6.45, 7) is 1.00. The van der Waals surface area contributed by atoms with Crippen LogP contribution >= 0.6 is 12.2 Å². The minimum Gasteiger partial charge on any atom is -0.376 e. The van der Waals surface area contributed by atoms with E-state index in [2.05, 4.69) is 9.43 Å². The fourth-order valence-corrected chi connectivity index (χ4v) is 1.27. The molecule has 0 N–H and O–H groups in total. The first-order chi connectivity index (χ1) is 5.88. The number of ether oxygens (including phenoxy) is 2. The first-order valence-electron chi connectivity index (χ1n) is 3.36. The third-order valence-corrected chi connectivity index (χ3v) is 1.99. The predicted octanol–water partition coefficient (Wildman–Crippen LogP) is 1.29. The highest BCUT2D eigenvalue weighted by Crippen LogP contribution is 2.18. The van der Waals surface area contributed by atoms with Crippen molar-refractivity contribution in [1.29, 1.82) is 0 Å². The molecule has 0 spiro atoms. The summed E-state index contributed by atoms with van der Waals surface area (Å²) in [5, 5.41) is 0. The first-order valence-corrected chi connectivity index (χ1v) is 4.05. The Hall–Kier alpha value is -0.460. The second kappa shape index (κ2) is 5.23. The van der Waals surface area contributed by atoms with Crippen LogP contribution in [0.15, 0.2) is 4.52 Å². The smallest absolute Gasteiger partial charge is 0.124 e. The Morgan fingerprint density at radius 1 is 1.58 bits per heavy atom. The van der Waals surface area contributed by atoms with Crippen LogP contribution in [0, 0.1) is 0 Å². The fraction of sp³-hybridized carbons (Fsp3) is 1.00. The normalized spacial score (nSPS) is 28.4. The molecule has 6 nitrogen and oxygen atoms in total. The molecule has 1 saturated heterocycles. The highest BCUT2D eigenvalue weighted by atomic mass is 32.2. The van der Waals surface area contributed by atoms with Gasteiger partial charge in [-0.3, -0.25) is 0 Å². The zero-order chi connectivity index (χ0) is 8.81. The molecule has 1 fully saturated rings. The molecule has 1 aliphatic rings. The number of azide groups is 1. The van der Waals surface area contributed by atoms with Crippen molar-refractivity contribution in [2.24, 2.45) is 4.52 Å². The molecule has 0 amide bonds. The maximum Gasteiger partial charge on any atom is 0.124 e. The van der Waals surface area contributed by atoms with E-state index in [0.717, 1.165) is 12.2 Å². The van der Waals surface area contributed by atoms with Crippen LogP contribution in [-0.4, -0.2) is 32.5 Å². The van der Waals surface area contributed by atoms with Gasteiger partial charge >= 0.3 is 0 Å². The lowest BCUT2D eigenvalue weighted by Gasteiger charge is -2.13. The van der Waals surface area contributed by atoms with Crippen molar-refractivity contribution in [3.05, 3.63) is 10.4 Å². The highest BCUT2D eigenvalue weighted by molar-refractivity contribution is 7.93. The van der Waals surface area contributed by atoms with Gasteiger partial charge < -0.3 is 13.7 Å². The molecular formula is C5H9N3O3S. The van der Waals surface area contributed by atoms with Crippen molar-refractivity contribution in [3.63, 3.8) is 0 Å². The molecule has 0 aromatic rings. The van der Waals surface area contributed by atoms with Gasteiger partial charge in [0.2, 0.25) is 0 Å². The molecule has 0 aliphatic carbocycles. The third-order valence-electron chi connectivity index (χ3n) is 1.52. The number of nitrogens with zero attached hydrogens (tertiary/aromatic N) is 3. The topological polar surface area (TPSA) is 76.5 Å². The van der Waals surface area contributed by atoms with E-state index in [9.17, 15) is 0 Å². The van der Waals surface area contributed by atoms with Gasteiger partial charge in [0.25, 0.3) is 0 Å². The summed E-state index contributed by atoms with van der Waals surface area (Å²) < 4.78 is 18.4. The van der Waals surface area contributed by atoms with Gasteiger partial charge in [-0.1, -0.05) is 0 Å². The van der Waals surface area contributed by atoms with Gasteiger partial charge in [0.15, 0.2) is 0 Å². The number of hydrogen-bond donors (Lipinski definition) is 0. The van der Waals surface area contributed by atoms with Crippen LogP contribution in [0.1, 0.15) is 0 Å². The van der Waals surface area contributed by atoms with E-state index in [4.69, 9.17) is 19.2 Å². The molecule has 12 heavy (non-hydrogen) atoms. The zero-order valence-corrected chi connectivity index (χ0v) is 7.36. The molecular weight excluding hydrogens is 182 g/mol. The summed E-state index contributed by atoms with van der Waals surface area (Å²) in [4.78, 5) is 2.53. The number of rotatable bonds is 4. The van der Waals surface area contributed by atoms with Crippen LogP contribution in [0.2, 0.25) is 0 Å². The zero-order valence-electron chi connectivity index (χ0n) is 6.54. The van der Waals surface area contributed by atoms with Gasteiger partial charge in [-0.25, -0.2) is 0 Å². The molecule has 7 heteroatoms. The molecule has 1 aliphatic heterocycles. The average Bonchev–Trinajstić information content (AvgIpc) is 2.52. The van der Waals surface area contributed by atoms with Crippen LogP contribution in [0.5, 0.6) is 0 Å². The van der Waals surface area contributed by atoms with Gasteiger partial charge in [-0.05, 0) is 10.1 Å². The molecule has 1 heterocycles. The van der Waals surface area contributed by atoms with Crippen LogP contribution in [0.4, 0.5) is 0 Å². The molecule has 0 aromatic carbocycles. The van der Waals surface area contributed by atoms with Gasteiger partial charge in [-0.15, -0.1) is 0 Å². The van der Waals surface area contributed by atoms with Crippen LogP contribution < -0.4 is 0 Å². The summed E-state index contributed by atoms with van der Waals surface area (Å²) in [6, 6.07) is 0. The van der Waals surface area contributed by atoms with E-state index < -0.39 is 0 Å². The number of hydrogen-bond acceptors (Lipinski definition) is 5. The van der Waals surface area contributed by atoms with E-state index in [1.54, 1.807) is 7.11 Å². The Morgan fingerprint density at radius 2 is 2.33 bits per heavy atom. The monoisotopic (exact) mass is 191 g/mol. The van der Waals surface area contributed by atoms with Gasteiger partial charge in [-0.2, -0.15) is 0 Å². The SMILES string of the molecule is COC1COCC1OSN=[N+]=[N-]. The molecule has 2 unspecified atom stereocenters. The van der Waals surface area contributed by atoms with E-state index in [-0.39, 0.29) is 12.2 Å². The second-order valence-corrected chi connectivity index (χ2v) is 2.70. The Bertz CT molecular complexity index is 185. The minimum absolute atomic E-state index is 0.0635. The van der Waals surface area contributed by atoms with Crippen LogP contribution in [-0.2, 0) is 13.7 Å². The largest absolute Gasteiger partial charge is 0.376 e. The van der Waals surface area contributed by atoms with Crippen molar-refractivity contribution >= 4 is 12.2 Å². The maximum atomic E-state index is 7.96. The summed E-state index contributed by atoms with van der Waals surface area (Å²) in [5.74, 6) is 0. The van der Waals surface area contributed by atoms with Crippen molar-refractivity contribution in [2.75, 3.05) is 20.3 Å². The molecule has 2 atom stereocenters. The van der Waals surface area contributed by atoms with E-state index in [1.807, 2.05) is 0 Å². The molecule has 0 saturated carbocycles. The lowest BCUT2D eigenvalue weighted by Crippen LogP contribution is -2.26. The Labute approximate surface area is 74.1 Å². The lowest BCUT2D eigenvalue weighted by atomic mass is 10.3. The van der Waals surface area contributed by atoms with E-state index >= 15 is 0 Å². The minimum atomic E-state index is -0.148. The fourth-order valence-electron chi connectivity index (χ4n) is 0.914. The average molecular weight is 191 g/mol. The van der Waals surface area contributed by atoms with Crippen LogP contribution in [0.25, 0.3) is 10.4 Å². The van der Waals surface area contributed by atoms with E-state index in [0.29, 0.717) is 13.2 Å². The van der Waals surface area contributed by atoms with Crippen molar-refractivity contribution < 1.29 is 13.7 Å². The first kappa shape index (κ1) is 9.63. The predicted molar refractivity (Wildman–Crippen MR) is 43.2 cm³/mol. The standard InChI is InChI=1S/C5H9N3O3S/c1-9-4-2-10-3-5(4)11-12-8-7-6/h4-5H,2-3H2,1H3. The Morgan fingerprint density at radius 3 is 3.00 bits per heavy atom. The second-order valence-electron chi connectivity index (χ2n) is 2.19. The van der Waals surface area contributed by atoms with Gasteiger partial charge in [0.05, 0.1) is 25.4 Å². The third kappa shape index (κ3) is 2.54. The van der Waals surface area contributed by atoms with Gasteiger partial charge in [0.1, 0.15) is 12.2 Å². The quantitative estimate of drug-likeness (QED) is 0.220. The van der Waals surface area contributed by atoms with Crippen LogP contribution in [0.3, 0.4) is 0 Å². The summed E-state index contributed by atoms with van der Waals surface area (Å²) in [7, 11) is 1.59. The molecule has 0 radical (unpaired) electrons. The molecule has 1 rings (SSSR count). The van der Waals surface area contributed by atoms with Gasteiger partial charge in [0, 0.05) is 12.0 Å². The Balaban J connectivity index is 2.25. The van der Waals surface area contributed by atoms with Crippen molar-refractivity contribution in [2.45, 2.75) is 12.2 Å².